The van der Waals surface area contributed by atoms with Gasteiger partial charge in [-0.15, -0.1) is 11.3 Å². The van der Waals surface area contributed by atoms with E-state index in [1.54, 1.807) is 11.3 Å². The van der Waals surface area contributed by atoms with Crippen molar-refractivity contribution in [1.29, 1.82) is 0 Å². The molecule has 2 heterocycles. The lowest BCUT2D eigenvalue weighted by Crippen LogP contribution is -2.35. The number of carbonyl (C=O) groups excluding carboxylic acids is 2. The number of fused-ring (bicyclic) bond motifs is 1. The Balaban J connectivity index is 1.85. The molecule has 1 aliphatic heterocycles. The van der Waals surface area contributed by atoms with E-state index in [-0.39, 0.29) is 17.8 Å². The van der Waals surface area contributed by atoms with Crippen molar-refractivity contribution in [2.24, 2.45) is 5.92 Å². The number of thiophene rings is 1. The molecular weight excluding hydrogens is 348 g/mol. The van der Waals surface area contributed by atoms with E-state index >= 15 is 0 Å². The highest BCUT2D eigenvalue weighted by atomic mass is 32.1. The van der Waals surface area contributed by atoms with Crippen LogP contribution in [0.4, 0.5) is 5.00 Å². The molecule has 0 unspecified atom stereocenters. The van der Waals surface area contributed by atoms with Crippen LogP contribution in [0.3, 0.4) is 0 Å². The van der Waals surface area contributed by atoms with Crippen LogP contribution in [0.15, 0.2) is 0 Å². The summed E-state index contributed by atoms with van der Waals surface area (Å²) in [6.45, 7) is 8.31. The Labute approximate surface area is 160 Å². The molecule has 1 saturated carbocycles. The first-order valence-electron chi connectivity index (χ1n) is 9.87. The summed E-state index contributed by atoms with van der Waals surface area (Å²) in [6, 6.07) is 0.469. The SMILES string of the molecule is CCOC(=O)c1c(NC(=O)C2CCCCC2)sc2c1CCN(C(C)C)C2. The third-order valence-electron chi connectivity index (χ3n) is 5.51. The monoisotopic (exact) mass is 378 g/mol. The van der Waals surface area contributed by atoms with E-state index in [9.17, 15) is 9.59 Å². The smallest absolute Gasteiger partial charge is 0.341 e. The van der Waals surface area contributed by atoms with Crippen LogP contribution in [0.2, 0.25) is 0 Å². The first-order chi connectivity index (χ1) is 12.5. The zero-order chi connectivity index (χ0) is 18.7. The molecule has 0 radical (unpaired) electrons. The van der Waals surface area contributed by atoms with Crippen LogP contribution in [-0.4, -0.2) is 36.0 Å². The minimum absolute atomic E-state index is 0.0644. The summed E-state index contributed by atoms with van der Waals surface area (Å²) in [6.07, 6.45) is 6.19. The van der Waals surface area contributed by atoms with Crippen molar-refractivity contribution in [2.75, 3.05) is 18.5 Å². The summed E-state index contributed by atoms with van der Waals surface area (Å²) in [7, 11) is 0. The van der Waals surface area contributed by atoms with Gasteiger partial charge in [-0.3, -0.25) is 9.69 Å². The Morgan fingerprint density at radius 1 is 1.27 bits per heavy atom. The molecule has 0 bridgehead atoms. The minimum Gasteiger partial charge on any atom is -0.462 e. The second-order valence-corrected chi connectivity index (χ2v) is 8.67. The lowest BCUT2D eigenvalue weighted by atomic mass is 9.88. The summed E-state index contributed by atoms with van der Waals surface area (Å²) in [5.41, 5.74) is 1.67. The number of carbonyl (C=O) groups is 2. The maximum atomic E-state index is 12.7. The Kier molecular flexibility index (Phi) is 6.35. The number of nitrogens with zero attached hydrogens (tertiary/aromatic N) is 1. The number of nitrogens with one attached hydrogen (secondary N) is 1. The Morgan fingerprint density at radius 3 is 2.65 bits per heavy atom. The highest BCUT2D eigenvalue weighted by molar-refractivity contribution is 7.17. The summed E-state index contributed by atoms with van der Waals surface area (Å²) in [5, 5.41) is 3.77. The van der Waals surface area contributed by atoms with Crippen molar-refractivity contribution in [3.05, 3.63) is 16.0 Å². The molecule has 1 aliphatic carbocycles. The van der Waals surface area contributed by atoms with Gasteiger partial charge in [0.1, 0.15) is 5.00 Å². The van der Waals surface area contributed by atoms with Crippen molar-refractivity contribution in [1.82, 2.24) is 4.90 Å². The average Bonchev–Trinajstić information content (AvgIpc) is 2.99. The van der Waals surface area contributed by atoms with Crippen LogP contribution < -0.4 is 5.32 Å². The average molecular weight is 379 g/mol. The third kappa shape index (κ3) is 4.12. The highest BCUT2D eigenvalue weighted by Gasteiger charge is 2.31. The molecule has 0 atom stereocenters. The topological polar surface area (TPSA) is 58.6 Å². The van der Waals surface area contributed by atoms with E-state index in [4.69, 9.17) is 4.74 Å². The Morgan fingerprint density at radius 2 is 2.00 bits per heavy atom. The number of hydrogen-bond donors (Lipinski definition) is 1. The summed E-state index contributed by atoms with van der Waals surface area (Å²) in [4.78, 5) is 28.9. The maximum Gasteiger partial charge on any atom is 0.341 e. The summed E-state index contributed by atoms with van der Waals surface area (Å²) >= 11 is 1.56. The zero-order valence-corrected chi connectivity index (χ0v) is 16.9. The molecule has 5 nitrogen and oxygen atoms in total. The van der Waals surface area contributed by atoms with Crippen molar-refractivity contribution in [2.45, 2.75) is 71.9 Å². The molecule has 1 aromatic rings. The van der Waals surface area contributed by atoms with Crippen molar-refractivity contribution < 1.29 is 14.3 Å². The molecule has 0 saturated heterocycles. The van der Waals surface area contributed by atoms with Gasteiger partial charge in [0.25, 0.3) is 0 Å². The lowest BCUT2D eigenvalue weighted by Gasteiger charge is -2.30. The first kappa shape index (κ1) is 19.4. The van der Waals surface area contributed by atoms with Gasteiger partial charge in [0.15, 0.2) is 0 Å². The van der Waals surface area contributed by atoms with Crippen LogP contribution in [-0.2, 0) is 22.5 Å². The fourth-order valence-corrected chi connectivity index (χ4v) is 5.21. The van der Waals surface area contributed by atoms with Crippen LogP contribution >= 0.6 is 11.3 Å². The number of ether oxygens (including phenoxy) is 1. The molecule has 1 aromatic heterocycles. The minimum atomic E-state index is -0.304. The zero-order valence-electron chi connectivity index (χ0n) is 16.1. The largest absolute Gasteiger partial charge is 0.462 e. The van der Waals surface area contributed by atoms with Gasteiger partial charge in [-0.1, -0.05) is 19.3 Å². The van der Waals surface area contributed by atoms with E-state index in [1.807, 2.05) is 6.92 Å². The van der Waals surface area contributed by atoms with Crippen molar-refractivity contribution in [3.8, 4) is 0 Å². The van der Waals surface area contributed by atoms with Gasteiger partial charge in [0, 0.05) is 29.9 Å². The predicted molar refractivity (Wildman–Crippen MR) is 105 cm³/mol. The molecule has 1 N–H and O–H groups in total. The van der Waals surface area contributed by atoms with Gasteiger partial charge in [-0.25, -0.2) is 4.79 Å². The van der Waals surface area contributed by atoms with Gasteiger partial charge < -0.3 is 10.1 Å². The molecular formula is C20H30N2O3S. The van der Waals surface area contributed by atoms with Crippen LogP contribution in [0.5, 0.6) is 0 Å². The number of hydrogen-bond acceptors (Lipinski definition) is 5. The molecule has 144 valence electrons. The summed E-state index contributed by atoms with van der Waals surface area (Å²) in [5.74, 6) is -0.165. The summed E-state index contributed by atoms with van der Waals surface area (Å²) < 4.78 is 5.30. The second kappa shape index (κ2) is 8.53. The number of anilines is 1. The number of rotatable bonds is 5. The van der Waals surface area contributed by atoms with E-state index < -0.39 is 0 Å². The fourth-order valence-electron chi connectivity index (χ4n) is 3.95. The van der Waals surface area contributed by atoms with Gasteiger partial charge in [0.2, 0.25) is 5.91 Å². The predicted octanol–water partition coefficient (Wildman–Crippen LogP) is 4.21. The Bertz CT molecular complexity index is 662. The lowest BCUT2D eigenvalue weighted by molar-refractivity contribution is -0.120. The van der Waals surface area contributed by atoms with Gasteiger partial charge in [0.05, 0.1) is 12.2 Å². The molecule has 1 amide bonds. The second-order valence-electron chi connectivity index (χ2n) is 7.57. The van der Waals surface area contributed by atoms with Crippen LogP contribution in [0.1, 0.15) is 73.7 Å². The van der Waals surface area contributed by atoms with Gasteiger partial charge >= 0.3 is 5.97 Å². The van der Waals surface area contributed by atoms with E-state index in [2.05, 4.69) is 24.1 Å². The van der Waals surface area contributed by atoms with Crippen LogP contribution in [0, 0.1) is 5.92 Å². The number of esters is 1. The third-order valence-corrected chi connectivity index (χ3v) is 6.64. The van der Waals surface area contributed by atoms with Gasteiger partial charge in [-0.2, -0.15) is 0 Å². The van der Waals surface area contributed by atoms with E-state index in [1.165, 1.54) is 11.3 Å². The molecule has 3 rings (SSSR count). The fraction of sp³-hybridized carbons (Fsp3) is 0.700. The molecule has 0 aromatic carbocycles. The standard InChI is InChI=1S/C20H30N2O3S/c1-4-25-20(24)17-15-10-11-22(13(2)3)12-16(15)26-19(17)21-18(23)14-8-6-5-7-9-14/h13-14H,4-12H2,1-3H3,(H,21,23). The van der Waals surface area contributed by atoms with Crippen molar-refractivity contribution in [3.63, 3.8) is 0 Å². The Hall–Kier alpha value is -1.40. The molecule has 6 heteroatoms. The van der Waals surface area contributed by atoms with E-state index in [0.717, 1.165) is 50.8 Å². The quantitative estimate of drug-likeness (QED) is 0.780. The van der Waals surface area contributed by atoms with E-state index in [0.29, 0.717) is 23.2 Å². The molecule has 2 aliphatic rings. The van der Waals surface area contributed by atoms with Crippen molar-refractivity contribution >= 4 is 28.2 Å². The highest BCUT2D eigenvalue weighted by Crippen LogP contribution is 2.38. The normalized spacial score (nSPS) is 18.6. The van der Waals surface area contributed by atoms with Crippen LogP contribution in [0.25, 0.3) is 0 Å². The maximum absolute atomic E-state index is 12.7. The molecule has 26 heavy (non-hydrogen) atoms. The first-order valence-corrected chi connectivity index (χ1v) is 10.7. The molecule has 0 spiro atoms. The molecule has 1 fully saturated rings. The number of amides is 1. The van der Waals surface area contributed by atoms with Gasteiger partial charge in [-0.05, 0) is 45.6 Å².